The van der Waals surface area contributed by atoms with Crippen molar-refractivity contribution in [2.75, 3.05) is 25.7 Å². The summed E-state index contributed by atoms with van der Waals surface area (Å²) < 4.78 is 15.3. The van der Waals surface area contributed by atoms with Crippen LogP contribution in [0, 0.1) is 0 Å². The van der Waals surface area contributed by atoms with E-state index < -0.39 is 10.8 Å². The van der Waals surface area contributed by atoms with Crippen molar-refractivity contribution in [1.82, 2.24) is 5.32 Å². The van der Waals surface area contributed by atoms with Crippen molar-refractivity contribution < 1.29 is 13.7 Å². The lowest BCUT2D eigenvalue weighted by Gasteiger charge is -2.13. The first kappa shape index (κ1) is 12.6. The van der Waals surface area contributed by atoms with E-state index in [1.165, 1.54) is 7.11 Å². The molecule has 5 heteroatoms. The molecule has 0 fully saturated rings. The normalized spacial score (nSPS) is 15.0. The van der Waals surface area contributed by atoms with Crippen LogP contribution in [0.5, 0.6) is 0 Å². The number of hydrogen-bond acceptors (Lipinski definition) is 4. The average Bonchev–Trinajstić information content (AvgIpc) is 2.11. The van der Waals surface area contributed by atoms with Crippen LogP contribution < -0.4 is 5.32 Å². The molecule has 4 nitrogen and oxygen atoms in total. The van der Waals surface area contributed by atoms with Crippen molar-refractivity contribution in [2.24, 2.45) is 0 Å². The summed E-state index contributed by atoms with van der Waals surface area (Å²) in [7, 11) is 0.552. The van der Waals surface area contributed by atoms with Crippen LogP contribution in [-0.4, -0.2) is 41.9 Å². The minimum atomic E-state index is -0.814. The number of carbonyl (C=O) groups excluding carboxylic acids is 1. The molecule has 0 amide bonds. The predicted molar refractivity (Wildman–Crippen MR) is 53.0 cm³/mol. The van der Waals surface area contributed by atoms with E-state index >= 15 is 0 Å². The lowest BCUT2D eigenvalue weighted by atomic mass is 10.2. The fraction of sp³-hybridized carbons (Fsp3) is 0.875. The number of nitrogens with one attached hydrogen (secondary N) is 1. The zero-order valence-electron chi connectivity index (χ0n) is 8.33. The minimum Gasteiger partial charge on any atom is -0.468 e. The molecule has 0 spiro atoms. The molecule has 0 aromatic carbocycles. The number of methoxy groups -OCH3 is 1. The fourth-order valence-electron chi connectivity index (χ4n) is 0.913. The molecule has 13 heavy (non-hydrogen) atoms. The molecule has 0 aliphatic rings. The van der Waals surface area contributed by atoms with Gasteiger partial charge in [0.1, 0.15) is 6.04 Å². The third-order valence-corrected chi connectivity index (χ3v) is 2.45. The second-order valence-electron chi connectivity index (χ2n) is 2.72. The second-order valence-corrected chi connectivity index (χ2v) is 4.27. The molecule has 0 heterocycles. The van der Waals surface area contributed by atoms with E-state index in [9.17, 15) is 9.00 Å². The van der Waals surface area contributed by atoms with Gasteiger partial charge >= 0.3 is 5.97 Å². The molecule has 0 aliphatic heterocycles. The Labute approximate surface area is 81.5 Å². The van der Waals surface area contributed by atoms with Crippen LogP contribution >= 0.6 is 0 Å². The van der Waals surface area contributed by atoms with E-state index in [2.05, 4.69) is 10.1 Å². The van der Waals surface area contributed by atoms with Gasteiger partial charge in [-0.3, -0.25) is 9.00 Å². The van der Waals surface area contributed by atoms with Crippen LogP contribution in [0.15, 0.2) is 0 Å². The maximum Gasteiger partial charge on any atom is 0.322 e. The molecule has 0 aromatic heterocycles. The number of ether oxygens (including phenoxy) is 1. The molecule has 1 N–H and O–H groups in total. The zero-order valence-corrected chi connectivity index (χ0v) is 9.15. The SMILES string of the molecule is CCC(NCCS(C)=O)C(=O)OC. The van der Waals surface area contributed by atoms with Gasteiger partial charge in [-0.25, -0.2) is 0 Å². The molecule has 0 aliphatic carbocycles. The summed E-state index contributed by atoms with van der Waals surface area (Å²) in [5.74, 6) is 0.303. The summed E-state index contributed by atoms with van der Waals surface area (Å²) in [5.41, 5.74) is 0. The number of esters is 1. The van der Waals surface area contributed by atoms with Gasteiger partial charge in [0.2, 0.25) is 0 Å². The Morgan fingerprint density at radius 3 is 2.62 bits per heavy atom. The van der Waals surface area contributed by atoms with Crippen LogP contribution in [0.2, 0.25) is 0 Å². The number of rotatable bonds is 6. The van der Waals surface area contributed by atoms with Gasteiger partial charge in [0.25, 0.3) is 0 Å². The highest BCUT2D eigenvalue weighted by Gasteiger charge is 2.15. The molecule has 2 atom stereocenters. The second kappa shape index (κ2) is 7.03. The first-order valence-electron chi connectivity index (χ1n) is 4.23. The number of carbonyl (C=O) groups is 1. The smallest absolute Gasteiger partial charge is 0.322 e. The highest BCUT2D eigenvalue weighted by molar-refractivity contribution is 7.84. The molecule has 0 bridgehead atoms. The highest BCUT2D eigenvalue weighted by atomic mass is 32.2. The third-order valence-electron chi connectivity index (χ3n) is 1.67. The Hall–Kier alpha value is -0.420. The van der Waals surface area contributed by atoms with E-state index in [0.717, 1.165) is 0 Å². The van der Waals surface area contributed by atoms with Gasteiger partial charge in [-0.05, 0) is 6.42 Å². The molecule has 78 valence electrons. The minimum absolute atomic E-state index is 0.260. The third kappa shape index (κ3) is 5.76. The van der Waals surface area contributed by atoms with E-state index in [1.807, 2.05) is 6.92 Å². The molecular formula is C8H17NO3S. The average molecular weight is 207 g/mol. The van der Waals surface area contributed by atoms with Gasteiger partial charge in [-0.2, -0.15) is 0 Å². The van der Waals surface area contributed by atoms with E-state index in [4.69, 9.17) is 0 Å². The summed E-state index contributed by atoms with van der Waals surface area (Å²) >= 11 is 0. The Morgan fingerprint density at radius 1 is 1.62 bits per heavy atom. The van der Waals surface area contributed by atoms with E-state index in [0.29, 0.717) is 18.7 Å². The van der Waals surface area contributed by atoms with E-state index in [1.54, 1.807) is 6.26 Å². The lowest BCUT2D eigenvalue weighted by molar-refractivity contribution is -0.143. The molecular weight excluding hydrogens is 190 g/mol. The van der Waals surface area contributed by atoms with Crippen molar-refractivity contribution >= 4 is 16.8 Å². The maximum absolute atomic E-state index is 11.1. The summed E-state index contributed by atoms with van der Waals surface area (Å²) in [5, 5.41) is 2.98. The summed E-state index contributed by atoms with van der Waals surface area (Å²) in [4.78, 5) is 11.1. The van der Waals surface area contributed by atoms with Gasteiger partial charge in [0, 0.05) is 29.4 Å². The molecule has 0 radical (unpaired) electrons. The maximum atomic E-state index is 11.1. The van der Waals surface area contributed by atoms with Crippen LogP contribution in [0.4, 0.5) is 0 Å². The van der Waals surface area contributed by atoms with Crippen LogP contribution in [0.3, 0.4) is 0 Å². The van der Waals surface area contributed by atoms with Crippen molar-refractivity contribution in [2.45, 2.75) is 19.4 Å². The zero-order chi connectivity index (χ0) is 10.3. The first-order chi connectivity index (χ1) is 6.11. The lowest BCUT2D eigenvalue weighted by Crippen LogP contribution is -2.38. The van der Waals surface area contributed by atoms with Crippen LogP contribution in [0.1, 0.15) is 13.3 Å². The largest absolute Gasteiger partial charge is 0.468 e. The van der Waals surface area contributed by atoms with Crippen molar-refractivity contribution in [3.8, 4) is 0 Å². The van der Waals surface area contributed by atoms with Gasteiger partial charge < -0.3 is 10.1 Å². The summed E-state index contributed by atoms with van der Waals surface area (Å²) in [6.45, 7) is 2.48. The summed E-state index contributed by atoms with van der Waals surface area (Å²) in [6.07, 6.45) is 2.32. The van der Waals surface area contributed by atoms with Crippen molar-refractivity contribution in [1.29, 1.82) is 0 Å². The molecule has 0 rings (SSSR count). The predicted octanol–water partition coefficient (Wildman–Crippen LogP) is -0.0939. The Balaban J connectivity index is 3.72. The van der Waals surface area contributed by atoms with Gasteiger partial charge in [0.15, 0.2) is 0 Å². The fourth-order valence-corrected chi connectivity index (χ4v) is 1.32. The summed E-state index contributed by atoms with van der Waals surface area (Å²) in [6, 6.07) is -0.270. The highest BCUT2D eigenvalue weighted by Crippen LogP contribution is 1.93. The Kier molecular flexibility index (Phi) is 6.80. The van der Waals surface area contributed by atoms with Gasteiger partial charge in [-0.1, -0.05) is 6.92 Å². The Morgan fingerprint density at radius 2 is 2.23 bits per heavy atom. The first-order valence-corrected chi connectivity index (χ1v) is 5.95. The standard InChI is InChI=1S/C8H17NO3S/c1-4-7(8(10)12-2)9-5-6-13(3)11/h7,9H,4-6H2,1-3H3. The van der Waals surface area contributed by atoms with Crippen LogP contribution in [0.25, 0.3) is 0 Å². The molecule has 0 aromatic rings. The topological polar surface area (TPSA) is 55.4 Å². The quantitative estimate of drug-likeness (QED) is 0.618. The monoisotopic (exact) mass is 207 g/mol. The van der Waals surface area contributed by atoms with E-state index in [-0.39, 0.29) is 12.0 Å². The van der Waals surface area contributed by atoms with Crippen molar-refractivity contribution in [3.05, 3.63) is 0 Å². The molecule has 2 unspecified atom stereocenters. The van der Waals surface area contributed by atoms with Gasteiger partial charge in [0.05, 0.1) is 7.11 Å². The Bertz CT molecular complexity index is 184. The molecule has 0 saturated carbocycles. The van der Waals surface area contributed by atoms with Crippen molar-refractivity contribution in [3.63, 3.8) is 0 Å². The number of hydrogen-bond donors (Lipinski definition) is 1. The van der Waals surface area contributed by atoms with Gasteiger partial charge in [-0.15, -0.1) is 0 Å². The van der Waals surface area contributed by atoms with Crippen LogP contribution in [-0.2, 0) is 20.3 Å². The molecule has 0 saturated heterocycles.